The van der Waals surface area contributed by atoms with E-state index in [-0.39, 0.29) is 11.5 Å². The predicted molar refractivity (Wildman–Crippen MR) is 139 cm³/mol. The molecule has 0 spiro atoms. The highest BCUT2D eigenvalue weighted by molar-refractivity contribution is 6.31. The van der Waals surface area contributed by atoms with Gasteiger partial charge in [-0.2, -0.15) is 5.26 Å². The Bertz CT molecular complexity index is 1290. The maximum absolute atomic E-state index is 9.77. The standard InChI is InChI=1S/C28H30ClN5O/c1-28(2)10-6-22-19(17-30)14-18(15-23(22)28)24-7-11-31-27(32-24)33-25-16-20(29)4-5-26(25)35-21-8-12-34(3)13-9-21/h4-5,7,11,14-16,21H,6,8-10,12-13H2,1-3H3,(H,31,32,33). The molecular weight excluding hydrogens is 458 g/mol. The topological polar surface area (TPSA) is 74.1 Å². The highest BCUT2D eigenvalue weighted by Gasteiger charge is 2.32. The van der Waals surface area contributed by atoms with E-state index < -0.39 is 0 Å². The van der Waals surface area contributed by atoms with E-state index in [1.165, 1.54) is 11.1 Å². The fourth-order valence-electron chi connectivity index (χ4n) is 5.05. The fraction of sp³-hybridized carbons (Fsp3) is 0.393. The van der Waals surface area contributed by atoms with Crippen molar-refractivity contribution in [3.8, 4) is 23.1 Å². The van der Waals surface area contributed by atoms with Crippen LogP contribution < -0.4 is 10.1 Å². The number of ether oxygens (including phenoxy) is 1. The van der Waals surface area contributed by atoms with Gasteiger partial charge in [-0.1, -0.05) is 25.4 Å². The van der Waals surface area contributed by atoms with Crippen LogP contribution in [0.3, 0.4) is 0 Å². The number of rotatable bonds is 5. The SMILES string of the molecule is CN1CCC(Oc2ccc(Cl)cc2Nc2nccc(-c3cc(C#N)c4c(c3)C(C)(C)CC4)n2)CC1. The molecular formula is C28H30ClN5O. The lowest BCUT2D eigenvalue weighted by molar-refractivity contribution is 0.115. The Morgan fingerprint density at radius 3 is 2.74 bits per heavy atom. The molecule has 1 aliphatic carbocycles. The van der Waals surface area contributed by atoms with Gasteiger partial charge in [0.25, 0.3) is 0 Å². The van der Waals surface area contributed by atoms with E-state index in [0.717, 1.165) is 67.0 Å². The van der Waals surface area contributed by atoms with Gasteiger partial charge in [-0.05, 0) is 85.7 Å². The number of anilines is 2. The predicted octanol–water partition coefficient (Wildman–Crippen LogP) is 6.11. The van der Waals surface area contributed by atoms with E-state index in [1.807, 2.05) is 30.3 Å². The molecule has 0 radical (unpaired) electrons. The van der Waals surface area contributed by atoms with Crippen LogP contribution in [0.25, 0.3) is 11.3 Å². The number of fused-ring (bicyclic) bond motifs is 1. The van der Waals surface area contributed by atoms with Gasteiger partial charge in [-0.3, -0.25) is 0 Å². The molecule has 1 N–H and O–H groups in total. The lowest BCUT2D eigenvalue weighted by Gasteiger charge is -2.30. The van der Waals surface area contributed by atoms with E-state index in [4.69, 9.17) is 21.3 Å². The number of nitriles is 1. The monoisotopic (exact) mass is 487 g/mol. The molecule has 7 heteroatoms. The van der Waals surface area contributed by atoms with Gasteiger partial charge in [0.2, 0.25) is 5.95 Å². The van der Waals surface area contributed by atoms with Gasteiger partial charge in [-0.15, -0.1) is 0 Å². The van der Waals surface area contributed by atoms with Gasteiger partial charge in [0.15, 0.2) is 0 Å². The third-order valence-corrected chi connectivity index (χ3v) is 7.43. The summed E-state index contributed by atoms with van der Waals surface area (Å²) in [4.78, 5) is 11.5. The summed E-state index contributed by atoms with van der Waals surface area (Å²) in [5.41, 5.74) is 5.62. The van der Waals surface area contributed by atoms with Crippen LogP contribution in [0.5, 0.6) is 5.75 Å². The van der Waals surface area contributed by atoms with Gasteiger partial charge in [0, 0.05) is 29.9 Å². The molecule has 1 saturated heterocycles. The Kier molecular flexibility index (Phi) is 6.39. The second kappa shape index (κ2) is 9.49. The molecule has 1 fully saturated rings. The van der Waals surface area contributed by atoms with Crippen LogP contribution >= 0.6 is 11.6 Å². The number of likely N-dealkylation sites (tertiary alicyclic amines) is 1. The smallest absolute Gasteiger partial charge is 0.227 e. The Labute approximate surface area is 211 Å². The Hall–Kier alpha value is -3.14. The van der Waals surface area contributed by atoms with Crippen molar-refractivity contribution in [1.29, 1.82) is 5.26 Å². The second-order valence-corrected chi connectivity index (χ2v) is 10.6. The van der Waals surface area contributed by atoms with Gasteiger partial charge < -0.3 is 15.0 Å². The summed E-state index contributed by atoms with van der Waals surface area (Å²) in [5, 5.41) is 13.7. The zero-order valence-electron chi connectivity index (χ0n) is 20.4. The van der Waals surface area contributed by atoms with E-state index in [2.05, 4.69) is 48.2 Å². The van der Waals surface area contributed by atoms with Crippen molar-refractivity contribution in [3.63, 3.8) is 0 Å². The van der Waals surface area contributed by atoms with Crippen molar-refractivity contribution in [2.24, 2.45) is 0 Å². The molecule has 6 nitrogen and oxygen atoms in total. The van der Waals surface area contributed by atoms with Gasteiger partial charge in [0.05, 0.1) is 23.0 Å². The molecule has 0 saturated carbocycles. The Balaban J connectivity index is 1.43. The number of nitrogens with one attached hydrogen (secondary N) is 1. The molecule has 1 aliphatic heterocycles. The van der Waals surface area contributed by atoms with Crippen molar-refractivity contribution in [2.45, 2.75) is 51.0 Å². The van der Waals surface area contributed by atoms with Crippen molar-refractivity contribution >= 4 is 23.2 Å². The summed E-state index contributed by atoms with van der Waals surface area (Å²) in [6, 6.07) is 14.0. The number of benzene rings is 2. The maximum Gasteiger partial charge on any atom is 0.227 e. The third-order valence-electron chi connectivity index (χ3n) is 7.20. The first-order valence-corrected chi connectivity index (χ1v) is 12.5. The summed E-state index contributed by atoms with van der Waals surface area (Å²) < 4.78 is 6.34. The number of aromatic nitrogens is 2. The molecule has 2 aromatic carbocycles. The van der Waals surface area contributed by atoms with Crippen molar-refractivity contribution in [1.82, 2.24) is 14.9 Å². The highest BCUT2D eigenvalue weighted by atomic mass is 35.5. The van der Waals surface area contributed by atoms with Gasteiger partial charge in [0.1, 0.15) is 11.9 Å². The van der Waals surface area contributed by atoms with E-state index in [9.17, 15) is 5.26 Å². The zero-order valence-corrected chi connectivity index (χ0v) is 21.2. The van der Waals surface area contributed by atoms with Gasteiger partial charge in [-0.25, -0.2) is 9.97 Å². The number of piperidine rings is 1. The van der Waals surface area contributed by atoms with E-state index in [1.54, 1.807) is 6.20 Å². The lowest BCUT2D eigenvalue weighted by atomic mass is 9.84. The second-order valence-electron chi connectivity index (χ2n) is 10.2. The maximum atomic E-state index is 9.77. The van der Waals surface area contributed by atoms with Crippen LogP contribution in [0.15, 0.2) is 42.6 Å². The molecule has 180 valence electrons. The molecule has 3 aromatic rings. The van der Waals surface area contributed by atoms with Crippen molar-refractivity contribution < 1.29 is 4.74 Å². The van der Waals surface area contributed by atoms with Crippen LogP contribution in [0.4, 0.5) is 11.6 Å². The molecule has 2 heterocycles. The average Bonchev–Trinajstić information content (AvgIpc) is 3.16. The van der Waals surface area contributed by atoms with Crippen molar-refractivity contribution in [3.05, 3.63) is 64.3 Å². The first-order chi connectivity index (χ1) is 16.8. The zero-order chi connectivity index (χ0) is 24.6. The number of hydrogen-bond acceptors (Lipinski definition) is 6. The van der Waals surface area contributed by atoms with Crippen LogP contribution in [0.1, 0.15) is 49.8 Å². The number of hydrogen-bond donors (Lipinski definition) is 1. The minimum atomic E-state index is 0.0476. The van der Waals surface area contributed by atoms with Crippen molar-refractivity contribution in [2.75, 3.05) is 25.5 Å². The quantitative estimate of drug-likeness (QED) is 0.468. The summed E-state index contributed by atoms with van der Waals surface area (Å²) in [6.45, 7) is 6.52. The first-order valence-electron chi connectivity index (χ1n) is 12.1. The highest BCUT2D eigenvalue weighted by Crippen LogP contribution is 2.42. The van der Waals surface area contributed by atoms with Crippen LogP contribution in [-0.2, 0) is 11.8 Å². The summed E-state index contributed by atoms with van der Waals surface area (Å²) in [7, 11) is 2.14. The molecule has 0 atom stereocenters. The molecule has 5 rings (SSSR count). The largest absolute Gasteiger partial charge is 0.488 e. The molecule has 2 aliphatic rings. The summed E-state index contributed by atoms with van der Waals surface area (Å²) in [5.74, 6) is 1.19. The molecule has 35 heavy (non-hydrogen) atoms. The van der Waals surface area contributed by atoms with Crippen LogP contribution in [0, 0.1) is 11.3 Å². The molecule has 0 amide bonds. The number of nitrogens with zero attached hydrogens (tertiary/aromatic N) is 4. The third kappa shape index (κ3) is 4.98. The average molecular weight is 488 g/mol. The summed E-state index contributed by atoms with van der Waals surface area (Å²) in [6.07, 6.45) is 5.86. The molecule has 1 aromatic heterocycles. The Morgan fingerprint density at radius 2 is 1.97 bits per heavy atom. The first kappa shape index (κ1) is 23.6. The molecule has 0 unspecified atom stereocenters. The van der Waals surface area contributed by atoms with Gasteiger partial charge >= 0.3 is 0 Å². The normalized spacial score (nSPS) is 17.6. The minimum absolute atomic E-state index is 0.0476. The number of halogens is 1. The minimum Gasteiger partial charge on any atom is -0.488 e. The fourth-order valence-corrected chi connectivity index (χ4v) is 5.22. The van der Waals surface area contributed by atoms with E-state index >= 15 is 0 Å². The van der Waals surface area contributed by atoms with Crippen LogP contribution in [-0.4, -0.2) is 41.1 Å². The van der Waals surface area contributed by atoms with Crippen LogP contribution in [0.2, 0.25) is 5.02 Å². The molecule has 0 bridgehead atoms. The lowest BCUT2D eigenvalue weighted by Crippen LogP contribution is -2.35. The van der Waals surface area contributed by atoms with E-state index in [0.29, 0.717) is 11.0 Å². The summed E-state index contributed by atoms with van der Waals surface area (Å²) >= 11 is 6.31. The Morgan fingerprint density at radius 1 is 1.17 bits per heavy atom.